The van der Waals surface area contributed by atoms with Gasteiger partial charge in [0.05, 0.1) is 41.1 Å². The van der Waals surface area contributed by atoms with Crippen LogP contribution < -0.4 is 20.9 Å². The van der Waals surface area contributed by atoms with Crippen LogP contribution in [0.4, 0.5) is 11.4 Å². The van der Waals surface area contributed by atoms with E-state index in [0.29, 0.717) is 51.8 Å². The van der Waals surface area contributed by atoms with E-state index in [2.05, 4.69) is 83.8 Å². The average Bonchev–Trinajstić information content (AvgIpc) is 3.95. The molecule has 21 heteroatoms. The van der Waals surface area contributed by atoms with Gasteiger partial charge < -0.3 is 28.7 Å². The van der Waals surface area contributed by atoms with Crippen LogP contribution in [0.25, 0.3) is 27.9 Å². The largest absolute Gasteiger partial charge is 0.461 e. The van der Waals surface area contributed by atoms with E-state index < -0.39 is 11.9 Å². The molecule has 8 rings (SSSR count). The van der Waals surface area contributed by atoms with Crippen molar-refractivity contribution in [3.8, 4) is 5.82 Å². The van der Waals surface area contributed by atoms with Gasteiger partial charge in [-0.2, -0.15) is 20.0 Å². The molecule has 6 aromatic heterocycles. The Bertz CT molecular complexity index is 2820. The number of ether oxygens (including phenoxy) is 4. The van der Waals surface area contributed by atoms with E-state index in [1.807, 2.05) is 12.1 Å². The van der Waals surface area contributed by atoms with Crippen LogP contribution in [0.2, 0.25) is 0 Å². The Labute approximate surface area is 409 Å². The molecule has 2 saturated heterocycles. The van der Waals surface area contributed by atoms with Crippen LogP contribution in [-0.4, -0.2) is 128 Å². The molecule has 0 aliphatic carbocycles. The number of aromatic nitrogens is 10. The minimum atomic E-state index is -0.479. The summed E-state index contributed by atoms with van der Waals surface area (Å²) in [6.07, 6.45) is 4.14. The molecule has 20 nitrogen and oxygen atoms in total. The zero-order chi connectivity index (χ0) is 49.9. The summed E-state index contributed by atoms with van der Waals surface area (Å²) in [5.74, 6) is 1.08. The van der Waals surface area contributed by atoms with Crippen molar-refractivity contribution in [1.29, 1.82) is 0 Å². The predicted molar refractivity (Wildman–Crippen MR) is 267 cm³/mol. The average molecular weight is 1020 g/mol. The summed E-state index contributed by atoms with van der Waals surface area (Å²) in [5, 5.41) is 22.4. The van der Waals surface area contributed by atoms with Gasteiger partial charge in [0.2, 0.25) is 0 Å². The van der Waals surface area contributed by atoms with Crippen molar-refractivity contribution in [2.24, 2.45) is 25.9 Å². The van der Waals surface area contributed by atoms with E-state index in [1.165, 1.54) is 21.5 Å². The molecule has 372 valence electrons. The van der Waals surface area contributed by atoms with Crippen LogP contribution in [0.1, 0.15) is 111 Å². The molecule has 0 saturated carbocycles. The predicted octanol–water partition coefficient (Wildman–Crippen LogP) is 6.34. The molecule has 2 fully saturated rings. The van der Waals surface area contributed by atoms with Crippen LogP contribution in [-0.2, 0) is 33.0 Å². The first-order valence-corrected chi connectivity index (χ1v) is 24.3. The topological polar surface area (TPSA) is 220 Å². The van der Waals surface area contributed by atoms with Crippen LogP contribution in [0.3, 0.4) is 0 Å². The molecule has 8 heterocycles. The fraction of sp³-hybridized carbons (Fsp3) is 0.542. The summed E-state index contributed by atoms with van der Waals surface area (Å²) >= 11 is 3.13. The first-order valence-electron chi connectivity index (χ1n) is 23.5. The third-order valence-electron chi connectivity index (χ3n) is 12.1. The highest BCUT2D eigenvalue weighted by Crippen LogP contribution is 2.37. The number of pyridine rings is 2. The van der Waals surface area contributed by atoms with E-state index in [9.17, 15) is 19.2 Å². The Kier molecular flexibility index (Phi) is 18.2. The molecule has 69 heavy (non-hydrogen) atoms. The molecular weight excluding hydrogens is 953 g/mol. The molecule has 0 spiro atoms. The number of aromatic amines is 1. The maximum Gasteiger partial charge on any atom is 0.357 e. The number of halogens is 1. The molecule has 0 bridgehead atoms. The second-order valence-electron chi connectivity index (χ2n) is 17.7. The quantitative estimate of drug-likeness (QED) is 0.125. The van der Waals surface area contributed by atoms with Crippen molar-refractivity contribution in [3.05, 3.63) is 84.5 Å². The van der Waals surface area contributed by atoms with Crippen molar-refractivity contribution in [2.45, 2.75) is 79.1 Å². The normalized spacial score (nSPS) is 14.5. The zero-order valence-electron chi connectivity index (χ0n) is 41.3. The van der Waals surface area contributed by atoms with Gasteiger partial charge in [-0.1, -0.05) is 27.7 Å². The fourth-order valence-electron chi connectivity index (χ4n) is 8.48. The van der Waals surface area contributed by atoms with E-state index in [1.54, 1.807) is 59.0 Å². The van der Waals surface area contributed by atoms with Crippen LogP contribution in [0, 0.1) is 11.8 Å². The molecular formula is C48H65BrN12O8. The lowest BCUT2D eigenvalue weighted by atomic mass is 9.96. The minimum absolute atomic E-state index is 0.0989. The number of carbonyl (C=O) groups is 2. The summed E-state index contributed by atoms with van der Waals surface area (Å²) in [4.78, 5) is 61.3. The molecule has 0 atom stereocenters. The smallest absolute Gasteiger partial charge is 0.357 e. The van der Waals surface area contributed by atoms with Crippen molar-refractivity contribution in [1.82, 2.24) is 49.5 Å². The molecule has 1 N–H and O–H groups in total. The summed E-state index contributed by atoms with van der Waals surface area (Å²) in [7, 11) is 6.69. The molecule has 0 radical (unpaired) electrons. The van der Waals surface area contributed by atoms with Gasteiger partial charge >= 0.3 is 11.9 Å². The third-order valence-corrected chi connectivity index (χ3v) is 12.5. The molecule has 6 aromatic rings. The van der Waals surface area contributed by atoms with Crippen LogP contribution in [0.5, 0.6) is 0 Å². The highest BCUT2D eigenvalue weighted by atomic mass is 79.9. The summed E-state index contributed by atoms with van der Waals surface area (Å²) in [6, 6.07) is 9.82. The minimum Gasteiger partial charge on any atom is -0.461 e. The number of nitrogens with zero attached hydrogens (tertiary/aromatic N) is 11. The molecule has 2 aliphatic heterocycles. The number of anilines is 2. The number of hydrogen-bond acceptors (Lipinski definition) is 16. The Morgan fingerprint density at radius 1 is 0.710 bits per heavy atom. The third kappa shape index (κ3) is 12.6. The van der Waals surface area contributed by atoms with Crippen molar-refractivity contribution < 1.29 is 28.5 Å². The van der Waals surface area contributed by atoms with Gasteiger partial charge in [-0.3, -0.25) is 14.7 Å². The number of nitrogens with one attached hydrogen (secondary N) is 1. The molecule has 2 aliphatic rings. The Morgan fingerprint density at radius 3 is 1.68 bits per heavy atom. The molecule has 0 aromatic carbocycles. The van der Waals surface area contributed by atoms with Gasteiger partial charge in [0.25, 0.3) is 11.1 Å². The lowest BCUT2D eigenvalue weighted by Crippen LogP contribution is -2.35. The first kappa shape index (κ1) is 52.3. The number of hydrogen-bond donors (Lipinski definition) is 1. The van der Waals surface area contributed by atoms with E-state index in [-0.39, 0.29) is 29.3 Å². The standard InChI is InChI=1S/C24H32N6O4.C19H28N4O3.C5H5BrN2O/c1-6-34-24(32)17-13-18(29-11-9-16(10-12-29)14-33-5)21-22(15(2)3)27-30(23(21)25-17)19-7-8-20(31)28(4)26-19;1-5-26-19(24)14-10-15(23-8-6-13(7-9-23)11-25-4)16-17(12(2)3)21-22-18(16)20-14;1-8-5(9)3-2-4(6)7-8/h7-8,13,15-16H,6,9-12,14H2,1-5H3;10,12-13H,5-9,11H2,1-4H3,(H,20,21,22);2-3H,1H3. The lowest BCUT2D eigenvalue weighted by molar-refractivity contribution is 0.0510. The monoisotopic (exact) mass is 1020 g/mol. The molecule has 0 amide bonds. The van der Waals surface area contributed by atoms with Gasteiger partial charge in [0.15, 0.2) is 28.5 Å². The summed E-state index contributed by atoms with van der Waals surface area (Å²) < 4.78 is 25.9. The van der Waals surface area contributed by atoms with Gasteiger partial charge in [0.1, 0.15) is 4.60 Å². The fourth-order valence-corrected chi connectivity index (χ4v) is 8.85. The molecule has 0 unspecified atom stereocenters. The van der Waals surface area contributed by atoms with Gasteiger partial charge in [-0.15, -0.1) is 5.10 Å². The number of esters is 2. The van der Waals surface area contributed by atoms with E-state index in [0.717, 1.165) is 98.6 Å². The number of H-pyrrole nitrogens is 1. The Morgan fingerprint density at radius 2 is 1.22 bits per heavy atom. The first-order chi connectivity index (χ1) is 33.1. The van der Waals surface area contributed by atoms with Gasteiger partial charge in [-0.25, -0.2) is 28.9 Å². The van der Waals surface area contributed by atoms with Crippen molar-refractivity contribution in [2.75, 3.05) is 76.6 Å². The number of methoxy groups -OCH3 is 2. The number of rotatable bonds is 13. The highest BCUT2D eigenvalue weighted by Gasteiger charge is 2.29. The SMILES string of the molecule is CCOC(=O)c1cc(N2CCC(COC)CC2)c2c(C(C)C)[nH]nc2n1.CCOC(=O)c1cc(N2CCC(COC)CC2)c2c(C(C)C)nn(-c3ccc(=O)n(C)n3)c2n1.Cn1nc(Br)ccc1=O. The van der Waals surface area contributed by atoms with Crippen molar-refractivity contribution in [3.63, 3.8) is 0 Å². The number of fused-ring (bicyclic) bond motifs is 2. The Hall–Kier alpha value is -6.06. The number of piperidine rings is 2. The van der Waals surface area contributed by atoms with E-state index >= 15 is 0 Å². The van der Waals surface area contributed by atoms with Crippen molar-refractivity contribution >= 4 is 61.3 Å². The highest BCUT2D eigenvalue weighted by molar-refractivity contribution is 9.10. The lowest BCUT2D eigenvalue weighted by Gasteiger charge is -2.34. The van der Waals surface area contributed by atoms with E-state index in [4.69, 9.17) is 24.0 Å². The zero-order valence-corrected chi connectivity index (χ0v) is 42.9. The second-order valence-corrected chi connectivity index (χ2v) is 18.5. The number of aryl methyl sites for hydroxylation is 2. The van der Waals surface area contributed by atoms with Gasteiger partial charge in [-0.05, 0) is 103 Å². The van der Waals surface area contributed by atoms with Gasteiger partial charge in [0, 0.05) is 85.5 Å². The second kappa shape index (κ2) is 24.0. The van der Waals surface area contributed by atoms with Crippen LogP contribution >= 0.6 is 15.9 Å². The maximum absolute atomic E-state index is 12.7. The van der Waals surface area contributed by atoms with Crippen LogP contribution in [0.15, 0.2) is 50.6 Å². The summed E-state index contributed by atoms with van der Waals surface area (Å²) in [5.41, 5.74) is 5.18. The maximum atomic E-state index is 12.7. The summed E-state index contributed by atoms with van der Waals surface area (Å²) in [6.45, 7) is 17.7. The number of carbonyl (C=O) groups excluding carboxylic acids is 2. The Balaban J connectivity index is 0.000000196.